The van der Waals surface area contributed by atoms with Crippen LogP contribution in [0.4, 0.5) is 0 Å². The van der Waals surface area contributed by atoms with E-state index in [2.05, 4.69) is 19.2 Å². The molecule has 0 radical (unpaired) electrons. The molecule has 0 aromatic heterocycles. The van der Waals surface area contributed by atoms with Gasteiger partial charge in [0.15, 0.2) is 0 Å². The first-order valence-electron chi connectivity index (χ1n) is 8.45. The second kappa shape index (κ2) is 15.0. The summed E-state index contributed by atoms with van der Waals surface area (Å²) in [5.74, 6) is 0.960. The van der Waals surface area contributed by atoms with Gasteiger partial charge in [0.25, 0.3) is 0 Å². The van der Waals surface area contributed by atoms with Crippen molar-refractivity contribution in [3.63, 3.8) is 0 Å². The third-order valence-corrected chi connectivity index (χ3v) is 3.91. The zero-order valence-electron chi connectivity index (χ0n) is 13.3. The predicted molar refractivity (Wildman–Crippen MR) is 84.2 cm³/mol. The molecule has 0 aromatic rings. The van der Waals surface area contributed by atoms with Crippen LogP contribution in [0.3, 0.4) is 0 Å². The molecule has 0 aliphatic rings. The lowest BCUT2D eigenvalue weighted by Gasteiger charge is -2.09. The fourth-order valence-corrected chi connectivity index (χ4v) is 2.67. The smallest absolute Gasteiger partial charge is 0.00519 e. The first-order valence-corrected chi connectivity index (χ1v) is 8.45. The molecule has 1 nitrogen and oxygen atoms in total. The summed E-state index contributed by atoms with van der Waals surface area (Å²) >= 11 is 0. The van der Waals surface area contributed by atoms with Crippen LogP contribution >= 0.6 is 0 Å². The monoisotopic (exact) mass is 255 g/mol. The van der Waals surface area contributed by atoms with E-state index >= 15 is 0 Å². The van der Waals surface area contributed by atoms with Crippen molar-refractivity contribution in [1.29, 1.82) is 0 Å². The van der Waals surface area contributed by atoms with Crippen molar-refractivity contribution in [1.82, 2.24) is 5.32 Å². The van der Waals surface area contributed by atoms with Crippen molar-refractivity contribution in [3.8, 4) is 0 Å². The van der Waals surface area contributed by atoms with Gasteiger partial charge in [-0.1, -0.05) is 84.5 Å². The highest BCUT2D eigenvalue weighted by Crippen LogP contribution is 2.16. The Balaban J connectivity index is 2.98. The third kappa shape index (κ3) is 14.0. The van der Waals surface area contributed by atoms with Crippen molar-refractivity contribution in [3.05, 3.63) is 0 Å². The van der Waals surface area contributed by atoms with Crippen LogP contribution in [-0.2, 0) is 0 Å². The van der Waals surface area contributed by atoms with Crippen LogP contribution in [-0.4, -0.2) is 13.6 Å². The standard InChI is InChI=1S/C17H37N/c1-4-14-17(2)15-12-10-8-6-5-7-9-11-13-16-18-3/h17-18H,4-16H2,1-3H3. The molecule has 18 heavy (non-hydrogen) atoms. The Labute approximate surface area is 116 Å². The summed E-state index contributed by atoms with van der Waals surface area (Å²) in [6.07, 6.45) is 17.2. The summed E-state index contributed by atoms with van der Waals surface area (Å²) < 4.78 is 0. The highest BCUT2D eigenvalue weighted by atomic mass is 14.8. The third-order valence-electron chi connectivity index (χ3n) is 3.91. The molecule has 1 atom stereocenters. The fraction of sp³-hybridized carbons (Fsp3) is 1.00. The van der Waals surface area contributed by atoms with Crippen molar-refractivity contribution < 1.29 is 0 Å². The van der Waals surface area contributed by atoms with Gasteiger partial charge < -0.3 is 5.32 Å². The molecule has 1 unspecified atom stereocenters. The minimum atomic E-state index is 0.960. The van der Waals surface area contributed by atoms with Gasteiger partial charge in [-0.25, -0.2) is 0 Å². The normalized spacial score (nSPS) is 12.8. The quantitative estimate of drug-likeness (QED) is 0.402. The highest BCUT2D eigenvalue weighted by Gasteiger charge is 1.99. The molecule has 0 saturated carbocycles. The van der Waals surface area contributed by atoms with E-state index in [0.717, 1.165) is 5.92 Å². The summed E-state index contributed by atoms with van der Waals surface area (Å²) in [5, 5.41) is 3.21. The second-order valence-electron chi connectivity index (χ2n) is 5.97. The molecule has 0 aromatic carbocycles. The number of hydrogen-bond acceptors (Lipinski definition) is 1. The molecule has 0 fully saturated rings. The molecule has 0 bridgehead atoms. The molecular formula is C17H37N. The Hall–Kier alpha value is -0.0400. The maximum atomic E-state index is 3.21. The second-order valence-corrected chi connectivity index (χ2v) is 5.97. The fourth-order valence-electron chi connectivity index (χ4n) is 2.67. The van der Waals surface area contributed by atoms with Gasteiger partial charge >= 0.3 is 0 Å². The molecular weight excluding hydrogens is 218 g/mol. The maximum absolute atomic E-state index is 3.21. The molecule has 0 rings (SSSR count). The molecule has 0 heterocycles. The summed E-state index contributed by atoms with van der Waals surface area (Å²) in [7, 11) is 2.04. The maximum Gasteiger partial charge on any atom is -0.00519 e. The molecule has 1 heteroatoms. The first kappa shape index (κ1) is 18.0. The Morgan fingerprint density at radius 2 is 1.22 bits per heavy atom. The van der Waals surface area contributed by atoms with Gasteiger partial charge in [0, 0.05) is 0 Å². The number of rotatable bonds is 14. The first-order chi connectivity index (χ1) is 8.81. The van der Waals surface area contributed by atoms with Crippen molar-refractivity contribution in [2.45, 2.75) is 90.9 Å². The van der Waals surface area contributed by atoms with E-state index in [-0.39, 0.29) is 0 Å². The van der Waals surface area contributed by atoms with E-state index in [4.69, 9.17) is 0 Å². The van der Waals surface area contributed by atoms with Gasteiger partial charge in [-0.2, -0.15) is 0 Å². The van der Waals surface area contributed by atoms with Gasteiger partial charge in [-0.3, -0.25) is 0 Å². The van der Waals surface area contributed by atoms with E-state index in [0.29, 0.717) is 0 Å². The molecule has 0 aliphatic heterocycles. The zero-order valence-corrected chi connectivity index (χ0v) is 13.3. The summed E-state index contributed by atoms with van der Waals surface area (Å²) in [4.78, 5) is 0. The van der Waals surface area contributed by atoms with Crippen LogP contribution < -0.4 is 5.32 Å². The van der Waals surface area contributed by atoms with Gasteiger partial charge in [0.1, 0.15) is 0 Å². The minimum absolute atomic E-state index is 0.960. The summed E-state index contributed by atoms with van der Waals surface area (Å²) in [6.45, 7) is 5.90. The molecule has 110 valence electrons. The number of unbranched alkanes of at least 4 members (excludes halogenated alkanes) is 8. The average Bonchev–Trinajstić information content (AvgIpc) is 2.36. The van der Waals surface area contributed by atoms with Gasteiger partial charge in [0.2, 0.25) is 0 Å². The average molecular weight is 255 g/mol. The van der Waals surface area contributed by atoms with E-state index in [1.54, 1.807) is 0 Å². The minimum Gasteiger partial charge on any atom is -0.320 e. The lowest BCUT2D eigenvalue weighted by atomic mass is 9.98. The van der Waals surface area contributed by atoms with Crippen LogP contribution in [0, 0.1) is 5.92 Å². The Kier molecular flexibility index (Phi) is 15.0. The Morgan fingerprint density at radius 3 is 1.72 bits per heavy atom. The van der Waals surface area contributed by atoms with Crippen LogP contribution in [0.25, 0.3) is 0 Å². The molecule has 0 saturated heterocycles. The van der Waals surface area contributed by atoms with Gasteiger partial charge in [-0.05, 0) is 25.9 Å². The van der Waals surface area contributed by atoms with Crippen LogP contribution in [0.15, 0.2) is 0 Å². The molecule has 0 amide bonds. The Morgan fingerprint density at radius 1 is 0.722 bits per heavy atom. The lowest BCUT2D eigenvalue weighted by Crippen LogP contribution is -2.06. The van der Waals surface area contributed by atoms with Crippen molar-refractivity contribution in [2.75, 3.05) is 13.6 Å². The zero-order chi connectivity index (χ0) is 13.5. The van der Waals surface area contributed by atoms with E-state index in [9.17, 15) is 0 Å². The van der Waals surface area contributed by atoms with Gasteiger partial charge in [0.05, 0.1) is 0 Å². The number of hydrogen-bond donors (Lipinski definition) is 1. The van der Waals surface area contributed by atoms with Crippen molar-refractivity contribution in [2.24, 2.45) is 5.92 Å². The molecule has 1 N–H and O–H groups in total. The summed E-state index contributed by atoms with van der Waals surface area (Å²) in [5.41, 5.74) is 0. The molecule has 0 aliphatic carbocycles. The predicted octanol–water partition coefficient (Wildman–Crippen LogP) is 5.54. The van der Waals surface area contributed by atoms with Crippen molar-refractivity contribution >= 4 is 0 Å². The topological polar surface area (TPSA) is 12.0 Å². The summed E-state index contributed by atoms with van der Waals surface area (Å²) in [6, 6.07) is 0. The SMILES string of the molecule is CCCC(C)CCCCCCCCCCCNC. The van der Waals surface area contributed by atoms with E-state index in [1.165, 1.54) is 83.6 Å². The lowest BCUT2D eigenvalue weighted by molar-refractivity contribution is 0.450. The van der Waals surface area contributed by atoms with E-state index < -0.39 is 0 Å². The van der Waals surface area contributed by atoms with Crippen LogP contribution in [0.1, 0.15) is 90.9 Å². The van der Waals surface area contributed by atoms with E-state index in [1.807, 2.05) is 7.05 Å². The molecule has 0 spiro atoms. The largest absolute Gasteiger partial charge is 0.320 e. The van der Waals surface area contributed by atoms with Crippen LogP contribution in [0.2, 0.25) is 0 Å². The van der Waals surface area contributed by atoms with Crippen LogP contribution in [0.5, 0.6) is 0 Å². The van der Waals surface area contributed by atoms with Gasteiger partial charge in [-0.15, -0.1) is 0 Å². The Bertz CT molecular complexity index is 145. The highest BCUT2D eigenvalue weighted by molar-refractivity contribution is 4.53. The number of nitrogens with one attached hydrogen (secondary N) is 1.